The summed E-state index contributed by atoms with van der Waals surface area (Å²) in [4.78, 5) is 40.6. The molecule has 0 bridgehead atoms. The Morgan fingerprint density at radius 2 is 1.93 bits per heavy atom. The lowest BCUT2D eigenvalue weighted by Gasteiger charge is -2.29. The molecule has 2 unspecified atom stereocenters. The van der Waals surface area contributed by atoms with E-state index in [1.54, 1.807) is 4.90 Å². The summed E-state index contributed by atoms with van der Waals surface area (Å²) in [6.45, 7) is 2.58. The first kappa shape index (κ1) is 18.8. The number of benzene rings is 2. The molecular formula is C23H24N4O3. The number of amides is 3. The molecule has 3 heterocycles. The predicted molar refractivity (Wildman–Crippen MR) is 112 cm³/mol. The Labute approximate surface area is 174 Å². The van der Waals surface area contributed by atoms with E-state index in [0.29, 0.717) is 37.5 Å². The van der Waals surface area contributed by atoms with Crippen molar-refractivity contribution in [2.24, 2.45) is 5.73 Å². The maximum Gasteiger partial charge on any atom is 0.255 e. The number of para-hydroxylation sites is 1. The highest BCUT2D eigenvalue weighted by Gasteiger charge is 2.39. The number of imide groups is 1. The number of nitrogens with zero attached hydrogens (tertiary/aromatic N) is 2. The van der Waals surface area contributed by atoms with Crippen LogP contribution in [0.1, 0.15) is 45.8 Å². The standard InChI is InChI=1S/C23H24N4O3/c24-10-16-12-26(19-4-2-1-3-17(16)19)11-14-5-6-15-13-27(23(30)18(15)9-14)20-7-8-21(28)25-22(20)29/h1-6,9,16,20H,7-8,10-13,24H2,(H,25,28,29). The minimum Gasteiger partial charge on any atom is -0.366 e. The monoisotopic (exact) mass is 404 g/mol. The molecule has 2 aromatic rings. The Morgan fingerprint density at radius 3 is 2.73 bits per heavy atom. The number of fused-ring (bicyclic) bond motifs is 2. The number of piperidine rings is 1. The summed E-state index contributed by atoms with van der Waals surface area (Å²) in [6.07, 6.45) is 0.640. The van der Waals surface area contributed by atoms with E-state index < -0.39 is 6.04 Å². The third-order valence-corrected chi connectivity index (χ3v) is 6.41. The molecule has 154 valence electrons. The van der Waals surface area contributed by atoms with Crippen LogP contribution in [0.15, 0.2) is 42.5 Å². The van der Waals surface area contributed by atoms with E-state index in [2.05, 4.69) is 28.4 Å². The van der Waals surface area contributed by atoms with Crippen molar-refractivity contribution in [1.29, 1.82) is 0 Å². The van der Waals surface area contributed by atoms with Gasteiger partial charge in [-0.3, -0.25) is 19.7 Å². The molecule has 0 aromatic heterocycles. The smallest absolute Gasteiger partial charge is 0.255 e. The molecule has 2 atom stereocenters. The van der Waals surface area contributed by atoms with Crippen LogP contribution >= 0.6 is 0 Å². The van der Waals surface area contributed by atoms with Crippen LogP contribution < -0.4 is 16.0 Å². The van der Waals surface area contributed by atoms with Gasteiger partial charge in [0.2, 0.25) is 11.8 Å². The first-order chi connectivity index (χ1) is 14.5. The summed E-state index contributed by atoms with van der Waals surface area (Å²) >= 11 is 0. The number of nitrogens with one attached hydrogen (secondary N) is 1. The van der Waals surface area contributed by atoms with Crippen LogP contribution in [0, 0.1) is 0 Å². The molecule has 3 N–H and O–H groups in total. The molecule has 2 aromatic carbocycles. The Bertz CT molecular complexity index is 1050. The molecule has 3 aliphatic heterocycles. The predicted octanol–water partition coefficient (Wildman–Crippen LogP) is 1.51. The fourth-order valence-electron chi connectivity index (χ4n) is 4.86. The normalized spacial score (nSPS) is 22.9. The van der Waals surface area contributed by atoms with Crippen molar-refractivity contribution in [1.82, 2.24) is 10.2 Å². The molecule has 7 heteroatoms. The lowest BCUT2D eigenvalue weighted by atomic mass is 10.0. The highest BCUT2D eigenvalue weighted by Crippen LogP contribution is 2.37. The van der Waals surface area contributed by atoms with Crippen molar-refractivity contribution in [3.63, 3.8) is 0 Å². The number of hydrogen-bond donors (Lipinski definition) is 2. The quantitative estimate of drug-likeness (QED) is 0.753. The Balaban J connectivity index is 1.36. The summed E-state index contributed by atoms with van der Waals surface area (Å²) < 4.78 is 0. The van der Waals surface area contributed by atoms with Gasteiger partial charge < -0.3 is 15.5 Å². The van der Waals surface area contributed by atoms with Gasteiger partial charge in [-0.05, 0) is 35.2 Å². The number of carbonyl (C=O) groups excluding carboxylic acids is 3. The van der Waals surface area contributed by atoms with Crippen LogP contribution in [-0.2, 0) is 22.7 Å². The number of nitrogens with two attached hydrogens (primary N) is 1. The highest BCUT2D eigenvalue weighted by atomic mass is 16.2. The zero-order chi connectivity index (χ0) is 20.8. The van der Waals surface area contributed by atoms with Gasteiger partial charge in [0.15, 0.2) is 0 Å². The minimum atomic E-state index is -0.582. The Morgan fingerprint density at radius 1 is 1.10 bits per heavy atom. The van der Waals surface area contributed by atoms with Crippen molar-refractivity contribution in [3.05, 3.63) is 64.7 Å². The van der Waals surface area contributed by atoms with Crippen LogP contribution in [0.25, 0.3) is 0 Å². The zero-order valence-corrected chi connectivity index (χ0v) is 16.6. The van der Waals surface area contributed by atoms with Crippen LogP contribution in [0.5, 0.6) is 0 Å². The van der Waals surface area contributed by atoms with Crippen molar-refractivity contribution in [2.75, 3.05) is 18.0 Å². The van der Waals surface area contributed by atoms with E-state index in [0.717, 1.165) is 17.7 Å². The molecule has 30 heavy (non-hydrogen) atoms. The van der Waals surface area contributed by atoms with Crippen LogP contribution in [0.4, 0.5) is 5.69 Å². The zero-order valence-electron chi connectivity index (χ0n) is 16.6. The minimum absolute atomic E-state index is 0.136. The first-order valence-corrected chi connectivity index (χ1v) is 10.4. The van der Waals surface area contributed by atoms with Crippen LogP contribution in [-0.4, -0.2) is 41.8 Å². The molecule has 3 aliphatic rings. The number of rotatable bonds is 4. The van der Waals surface area contributed by atoms with Gasteiger partial charge in [0.05, 0.1) is 0 Å². The second-order valence-electron chi connectivity index (χ2n) is 8.26. The summed E-state index contributed by atoms with van der Waals surface area (Å²) in [6, 6.07) is 13.7. The van der Waals surface area contributed by atoms with Gasteiger partial charge in [-0.25, -0.2) is 0 Å². The van der Waals surface area contributed by atoms with Crippen molar-refractivity contribution in [3.8, 4) is 0 Å². The topological polar surface area (TPSA) is 95.7 Å². The molecule has 0 aliphatic carbocycles. The van der Waals surface area contributed by atoms with E-state index >= 15 is 0 Å². The molecule has 1 saturated heterocycles. The van der Waals surface area contributed by atoms with E-state index in [1.165, 1.54) is 11.3 Å². The van der Waals surface area contributed by atoms with Crippen molar-refractivity contribution < 1.29 is 14.4 Å². The third kappa shape index (κ3) is 3.06. The van der Waals surface area contributed by atoms with E-state index in [-0.39, 0.29) is 24.1 Å². The lowest BCUT2D eigenvalue weighted by Crippen LogP contribution is -2.52. The van der Waals surface area contributed by atoms with Crippen LogP contribution in [0.2, 0.25) is 0 Å². The molecule has 0 saturated carbocycles. The van der Waals surface area contributed by atoms with Gasteiger partial charge in [-0.1, -0.05) is 30.3 Å². The Kier molecular flexibility index (Phi) is 4.55. The summed E-state index contributed by atoms with van der Waals surface area (Å²) in [5.41, 5.74) is 11.1. The second-order valence-corrected chi connectivity index (χ2v) is 8.26. The van der Waals surface area contributed by atoms with Crippen LogP contribution in [0.3, 0.4) is 0 Å². The SMILES string of the molecule is NCC1CN(Cc2ccc3c(c2)C(=O)N(C2CCC(=O)NC2=O)C3)c2ccccc21. The molecule has 7 nitrogen and oxygen atoms in total. The number of hydrogen-bond acceptors (Lipinski definition) is 5. The molecule has 0 radical (unpaired) electrons. The van der Waals surface area contributed by atoms with E-state index in [9.17, 15) is 14.4 Å². The number of carbonyl (C=O) groups is 3. The first-order valence-electron chi connectivity index (χ1n) is 10.4. The largest absolute Gasteiger partial charge is 0.366 e. The summed E-state index contributed by atoms with van der Waals surface area (Å²) in [5, 5.41) is 2.34. The fourth-order valence-corrected chi connectivity index (χ4v) is 4.86. The average Bonchev–Trinajstić information content (AvgIpc) is 3.26. The fraction of sp³-hybridized carbons (Fsp3) is 0.348. The van der Waals surface area contributed by atoms with Gasteiger partial charge in [-0.15, -0.1) is 0 Å². The maximum absolute atomic E-state index is 13.0. The average molecular weight is 404 g/mol. The van der Waals surface area contributed by atoms with Gasteiger partial charge in [0.1, 0.15) is 6.04 Å². The molecule has 1 fully saturated rings. The Hall–Kier alpha value is -3.19. The van der Waals surface area contributed by atoms with E-state index in [4.69, 9.17) is 5.73 Å². The van der Waals surface area contributed by atoms with Gasteiger partial charge in [-0.2, -0.15) is 0 Å². The third-order valence-electron chi connectivity index (χ3n) is 6.41. The van der Waals surface area contributed by atoms with Gasteiger partial charge >= 0.3 is 0 Å². The summed E-state index contributed by atoms with van der Waals surface area (Å²) in [7, 11) is 0. The van der Waals surface area contributed by atoms with Crippen molar-refractivity contribution in [2.45, 2.75) is 37.9 Å². The van der Waals surface area contributed by atoms with Gasteiger partial charge in [0.25, 0.3) is 5.91 Å². The van der Waals surface area contributed by atoms with Gasteiger partial charge in [0, 0.05) is 49.8 Å². The lowest BCUT2D eigenvalue weighted by molar-refractivity contribution is -0.136. The van der Waals surface area contributed by atoms with E-state index in [1.807, 2.05) is 24.3 Å². The molecule has 0 spiro atoms. The highest BCUT2D eigenvalue weighted by molar-refractivity contribution is 6.05. The summed E-state index contributed by atoms with van der Waals surface area (Å²) in [5.74, 6) is -0.471. The second kappa shape index (κ2) is 7.25. The molecule has 5 rings (SSSR count). The molecular weight excluding hydrogens is 380 g/mol. The van der Waals surface area contributed by atoms with Crippen molar-refractivity contribution >= 4 is 23.4 Å². The maximum atomic E-state index is 13.0. The number of anilines is 1. The molecule has 3 amide bonds.